The van der Waals surface area contributed by atoms with Crippen LogP contribution in [0.4, 0.5) is 0 Å². The molecule has 1 aromatic heterocycles. The van der Waals surface area contributed by atoms with Crippen molar-refractivity contribution in [2.45, 2.75) is 6.92 Å². The van der Waals surface area contributed by atoms with Crippen LogP contribution in [0, 0.1) is 6.92 Å². The SMILES string of the molecule is COc1ccc(-[n+]2c(C)ccc3c4ccccc4ccc32)cc1. The molecule has 0 atom stereocenters. The number of hydrogen-bond donors (Lipinski definition) is 0. The fraction of sp³-hybridized carbons (Fsp3) is 0.0952. The first-order valence-electron chi connectivity index (χ1n) is 7.75. The highest BCUT2D eigenvalue weighted by atomic mass is 16.5. The molecule has 3 aromatic carbocycles. The van der Waals surface area contributed by atoms with Crippen LogP contribution in [0.25, 0.3) is 27.4 Å². The fourth-order valence-corrected chi connectivity index (χ4v) is 3.20. The molecule has 0 saturated heterocycles. The summed E-state index contributed by atoms with van der Waals surface area (Å²) in [6.07, 6.45) is 0. The maximum atomic E-state index is 5.27. The molecular formula is C21H18NO+. The topological polar surface area (TPSA) is 13.1 Å². The molecule has 23 heavy (non-hydrogen) atoms. The first-order valence-corrected chi connectivity index (χ1v) is 7.75. The van der Waals surface area contributed by atoms with E-state index in [-0.39, 0.29) is 0 Å². The molecule has 0 fully saturated rings. The summed E-state index contributed by atoms with van der Waals surface area (Å²) in [4.78, 5) is 0. The van der Waals surface area contributed by atoms with Crippen LogP contribution in [0.15, 0.2) is 72.8 Å². The zero-order valence-electron chi connectivity index (χ0n) is 13.3. The summed E-state index contributed by atoms with van der Waals surface area (Å²) in [7, 11) is 1.69. The Labute approximate surface area is 135 Å². The normalized spacial score (nSPS) is 11.0. The van der Waals surface area contributed by atoms with Gasteiger partial charge in [0.05, 0.1) is 12.5 Å². The van der Waals surface area contributed by atoms with E-state index in [1.165, 1.54) is 27.4 Å². The molecule has 0 aliphatic heterocycles. The van der Waals surface area contributed by atoms with Gasteiger partial charge in [-0.05, 0) is 35.0 Å². The number of benzene rings is 3. The molecule has 0 N–H and O–H groups in total. The number of aromatic nitrogens is 1. The zero-order valence-corrected chi connectivity index (χ0v) is 13.3. The Morgan fingerprint density at radius 3 is 2.30 bits per heavy atom. The average Bonchev–Trinajstić information content (AvgIpc) is 2.61. The molecule has 0 aliphatic carbocycles. The first kappa shape index (κ1) is 13.8. The van der Waals surface area contributed by atoms with Gasteiger partial charge >= 0.3 is 0 Å². The van der Waals surface area contributed by atoms with Crippen LogP contribution >= 0.6 is 0 Å². The maximum absolute atomic E-state index is 5.27. The molecule has 0 aliphatic rings. The van der Waals surface area contributed by atoms with Crippen LogP contribution in [0.2, 0.25) is 0 Å². The van der Waals surface area contributed by atoms with Gasteiger partial charge < -0.3 is 4.74 Å². The van der Waals surface area contributed by atoms with E-state index < -0.39 is 0 Å². The largest absolute Gasteiger partial charge is 0.497 e. The minimum Gasteiger partial charge on any atom is -0.497 e. The molecule has 1 heterocycles. The number of fused-ring (bicyclic) bond motifs is 3. The Morgan fingerprint density at radius 2 is 1.52 bits per heavy atom. The van der Waals surface area contributed by atoms with Crippen molar-refractivity contribution in [1.29, 1.82) is 0 Å². The summed E-state index contributed by atoms with van der Waals surface area (Å²) in [5.74, 6) is 0.873. The number of hydrogen-bond acceptors (Lipinski definition) is 1. The molecule has 0 unspecified atom stereocenters. The van der Waals surface area contributed by atoms with E-state index in [0.717, 1.165) is 11.4 Å². The number of methoxy groups -OCH3 is 1. The van der Waals surface area contributed by atoms with Crippen molar-refractivity contribution >= 4 is 21.7 Å². The predicted octanol–water partition coefficient (Wildman–Crippen LogP) is 4.59. The van der Waals surface area contributed by atoms with E-state index in [0.29, 0.717) is 0 Å². The summed E-state index contributed by atoms with van der Waals surface area (Å²) < 4.78 is 7.56. The van der Waals surface area contributed by atoms with Crippen molar-refractivity contribution in [3.8, 4) is 11.4 Å². The molecule has 4 rings (SSSR count). The summed E-state index contributed by atoms with van der Waals surface area (Å²) >= 11 is 0. The van der Waals surface area contributed by atoms with Gasteiger partial charge in [0.1, 0.15) is 5.75 Å². The van der Waals surface area contributed by atoms with E-state index in [1.807, 2.05) is 12.1 Å². The first-order chi connectivity index (χ1) is 11.3. The lowest BCUT2D eigenvalue weighted by atomic mass is 10.0. The molecule has 0 amide bonds. The summed E-state index contributed by atoms with van der Waals surface area (Å²) in [6.45, 7) is 2.14. The fourth-order valence-electron chi connectivity index (χ4n) is 3.20. The van der Waals surface area contributed by atoms with E-state index >= 15 is 0 Å². The van der Waals surface area contributed by atoms with Crippen LogP contribution < -0.4 is 9.30 Å². The molecular weight excluding hydrogens is 282 g/mol. The van der Waals surface area contributed by atoms with Crippen LogP contribution in [0.1, 0.15) is 5.69 Å². The number of pyridine rings is 1. The van der Waals surface area contributed by atoms with Gasteiger partial charge in [-0.2, -0.15) is 4.57 Å². The van der Waals surface area contributed by atoms with Gasteiger partial charge in [0.25, 0.3) is 0 Å². The van der Waals surface area contributed by atoms with Crippen LogP contribution in [0.3, 0.4) is 0 Å². The van der Waals surface area contributed by atoms with Crippen molar-refractivity contribution in [3.05, 3.63) is 78.5 Å². The van der Waals surface area contributed by atoms with Gasteiger partial charge in [0.15, 0.2) is 5.69 Å². The van der Waals surface area contributed by atoms with Crippen molar-refractivity contribution in [2.24, 2.45) is 0 Å². The molecule has 0 spiro atoms. The Kier molecular flexibility index (Phi) is 3.23. The number of rotatable bonds is 2. The van der Waals surface area contributed by atoms with Crippen molar-refractivity contribution in [3.63, 3.8) is 0 Å². The summed E-state index contributed by atoms with van der Waals surface area (Å²) in [5.41, 5.74) is 3.57. The number of ether oxygens (including phenoxy) is 1. The smallest absolute Gasteiger partial charge is 0.219 e. The standard InChI is InChI=1S/C21H18NO/c1-15-7-13-20-19-6-4-3-5-16(19)8-14-21(20)22(15)17-9-11-18(23-2)12-10-17/h3-14H,1-2H3/q+1. The molecule has 112 valence electrons. The quantitative estimate of drug-likeness (QED) is 0.390. The van der Waals surface area contributed by atoms with Crippen LogP contribution in [-0.4, -0.2) is 7.11 Å². The maximum Gasteiger partial charge on any atom is 0.219 e. The van der Waals surface area contributed by atoms with Crippen LogP contribution in [0.5, 0.6) is 5.75 Å². The zero-order chi connectivity index (χ0) is 15.8. The number of aryl methyl sites for hydroxylation is 1. The van der Waals surface area contributed by atoms with Gasteiger partial charge in [-0.1, -0.05) is 24.3 Å². The Morgan fingerprint density at radius 1 is 0.739 bits per heavy atom. The second kappa shape index (κ2) is 5.40. The Hall–Kier alpha value is -2.87. The minimum absolute atomic E-state index is 0.873. The molecule has 2 nitrogen and oxygen atoms in total. The van der Waals surface area contributed by atoms with E-state index in [4.69, 9.17) is 4.74 Å². The third kappa shape index (κ3) is 2.23. The second-order valence-corrected chi connectivity index (χ2v) is 5.73. The highest BCUT2D eigenvalue weighted by Gasteiger charge is 2.17. The Balaban J connectivity index is 2.04. The average molecular weight is 300 g/mol. The van der Waals surface area contributed by atoms with Crippen molar-refractivity contribution in [1.82, 2.24) is 0 Å². The van der Waals surface area contributed by atoms with Gasteiger partial charge in [-0.25, -0.2) is 0 Å². The van der Waals surface area contributed by atoms with E-state index in [1.54, 1.807) is 7.11 Å². The second-order valence-electron chi connectivity index (χ2n) is 5.73. The van der Waals surface area contributed by atoms with Crippen molar-refractivity contribution in [2.75, 3.05) is 7.11 Å². The molecule has 0 radical (unpaired) electrons. The van der Waals surface area contributed by atoms with E-state index in [9.17, 15) is 0 Å². The lowest BCUT2D eigenvalue weighted by Crippen LogP contribution is -2.35. The molecule has 4 aromatic rings. The summed E-state index contributed by atoms with van der Waals surface area (Å²) in [6, 6.07) is 25.5. The molecule has 0 bridgehead atoms. The van der Waals surface area contributed by atoms with Gasteiger partial charge in [0.2, 0.25) is 11.2 Å². The number of nitrogens with zero attached hydrogens (tertiary/aromatic N) is 1. The van der Waals surface area contributed by atoms with Gasteiger partial charge in [-0.15, -0.1) is 0 Å². The molecule has 0 saturated carbocycles. The third-order valence-electron chi connectivity index (χ3n) is 4.36. The Bertz CT molecular complexity index is 1000. The van der Waals surface area contributed by atoms with Gasteiger partial charge in [0, 0.05) is 31.2 Å². The third-order valence-corrected chi connectivity index (χ3v) is 4.36. The van der Waals surface area contributed by atoms with E-state index in [2.05, 4.69) is 72.2 Å². The van der Waals surface area contributed by atoms with Crippen molar-refractivity contribution < 1.29 is 9.30 Å². The minimum atomic E-state index is 0.873. The monoisotopic (exact) mass is 300 g/mol. The summed E-state index contributed by atoms with van der Waals surface area (Å²) in [5, 5.41) is 3.82. The lowest BCUT2D eigenvalue weighted by molar-refractivity contribution is -0.574. The highest BCUT2D eigenvalue weighted by Crippen LogP contribution is 2.24. The highest BCUT2D eigenvalue weighted by molar-refractivity contribution is 6.05. The van der Waals surface area contributed by atoms with Crippen LogP contribution in [-0.2, 0) is 0 Å². The predicted molar refractivity (Wildman–Crippen MR) is 94.3 cm³/mol. The van der Waals surface area contributed by atoms with Gasteiger partial charge in [-0.3, -0.25) is 0 Å². The molecule has 2 heteroatoms. The lowest BCUT2D eigenvalue weighted by Gasteiger charge is -2.07.